The Hall–Kier alpha value is -2.20. The van der Waals surface area contributed by atoms with Crippen LogP contribution >= 0.6 is 0 Å². The molecule has 0 N–H and O–H groups in total. The van der Waals surface area contributed by atoms with Crippen LogP contribution in [0.25, 0.3) is 11.1 Å². The van der Waals surface area contributed by atoms with Gasteiger partial charge in [-0.15, -0.1) is 0 Å². The Bertz CT molecular complexity index is 612. The van der Waals surface area contributed by atoms with Crippen LogP contribution in [0.3, 0.4) is 0 Å². The van der Waals surface area contributed by atoms with E-state index in [-0.39, 0.29) is 0 Å². The van der Waals surface area contributed by atoms with E-state index in [4.69, 9.17) is 4.42 Å². The maximum Gasteiger partial charge on any atom is 0.151 e. The summed E-state index contributed by atoms with van der Waals surface area (Å²) in [5.41, 5.74) is 3.16. The van der Waals surface area contributed by atoms with Crippen LogP contribution < -0.4 is 0 Å². The molecule has 0 aromatic carbocycles. The summed E-state index contributed by atoms with van der Waals surface area (Å²) >= 11 is 0. The Morgan fingerprint density at radius 2 is 2.15 bits per heavy atom. The number of allylic oxidation sites excluding steroid dienone is 1. The molecule has 4 nitrogen and oxygen atoms in total. The summed E-state index contributed by atoms with van der Waals surface area (Å²) in [6.07, 6.45) is 4.21. The molecule has 0 unspecified atom stereocenters. The van der Waals surface area contributed by atoms with Gasteiger partial charge in [0.2, 0.25) is 0 Å². The van der Waals surface area contributed by atoms with Crippen molar-refractivity contribution < 1.29 is 9.21 Å². The summed E-state index contributed by atoms with van der Waals surface area (Å²) in [5.74, 6) is 0.735. The van der Waals surface area contributed by atoms with Crippen LogP contribution in [0.4, 0.5) is 0 Å². The van der Waals surface area contributed by atoms with Crippen molar-refractivity contribution in [3.8, 4) is 0 Å². The molecule has 0 saturated carbocycles. The van der Waals surface area contributed by atoms with E-state index >= 15 is 0 Å². The van der Waals surface area contributed by atoms with Crippen molar-refractivity contribution in [2.24, 2.45) is 0 Å². The largest absolute Gasteiger partial charge is 0.469 e. The molecule has 0 atom stereocenters. The summed E-state index contributed by atoms with van der Waals surface area (Å²) < 4.78 is 5.31. The van der Waals surface area contributed by atoms with Gasteiger partial charge in [0, 0.05) is 29.5 Å². The zero-order valence-electron chi connectivity index (χ0n) is 12.0. The molecular formula is C16H18N2O2. The second kappa shape index (κ2) is 6.30. The SMILES string of the molecule is Cc1occc1C(C=O)=C(CN(C)C)c1ccccn1. The highest BCUT2D eigenvalue weighted by Crippen LogP contribution is 2.27. The van der Waals surface area contributed by atoms with Crippen molar-refractivity contribution >= 4 is 17.4 Å². The number of carbonyl (C=O) groups is 1. The van der Waals surface area contributed by atoms with Crippen LogP contribution in [0.2, 0.25) is 0 Å². The Labute approximate surface area is 118 Å². The second-order valence-electron chi connectivity index (χ2n) is 4.85. The van der Waals surface area contributed by atoms with Crippen LogP contribution in [0.15, 0.2) is 41.1 Å². The minimum atomic E-state index is 0.628. The Kier molecular flexibility index (Phi) is 4.48. The van der Waals surface area contributed by atoms with Crippen molar-refractivity contribution in [2.45, 2.75) is 6.92 Å². The van der Waals surface area contributed by atoms with E-state index in [1.807, 2.05) is 50.2 Å². The molecule has 2 heterocycles. The van der Waals surface area contributed by atoms with Gasteiger partial charge in [-0.05, 0) is 39.2 Å². The fraction of sp³-hybridized carbons (Fsp3) is 0.250. The molecular weight excluding hydrogens is 252 g/mol. The Morgan fingerprint density at radius 3 is 2.65 bits per heavy atom. The fourth-order valence-corrected chi connectivity index (χ4v) is 2.12. The summed E-state index contributed by atoms with van der Waals surface area (Å²) in [7, 11) is 3.93. The van der Waals surface area contributed by atoms with Crippen LogP contribution in [-0.4, -0.2) is 36.8 Å². The third kappa shape index (κ3) is 3.03. The van der Waals surface area contributed by atoms with E-state index in [1.165, 1.54) is 0 Å². The maximum absolute atomic E-state index is 11.6. The number of likely N-dealkylation sites (N-methyl/N-ethyl adjacent to an activating group) is 1. The zero-order chi connectivity index (χ0) is 14.5. The summed E-state index contributed by atoms with van der Waals surface area (Å²) in [4.78, 5) is 18.0. The van der Waals surface area contributed by atoms with Gasteiger partial charge in [-0.2, -0.15) is 0 Å². The number of aromatic nitrogens is 1. The van der Waals surface area contributed by atoms with E-state index < -0.39 is 0 Å². The normalized spacial score (nSPS) is 12.4. The molecule has 4 heteroatoms. The molecule has 0 saturated heterocycles. The number of rotatable bonds is 5. The zero-order valence-corrected chi connectivity index (χ0v) is 12.0. The first-order valence-corrected chi connectivity index (χ1v) is 6.42. The molecule has 20 heavy (non-hydrogen) atoms. The molecule has 0 aliphatic rings. The molecule has 0 amide bonds. The standard InChI is InChI=1S/C16H18N2O2/c1-12-13(7-9-20-12)15(11-19)14(10-18(2)3)16-6-4-5-8-17-16/h4-9,11H,10H2,1-3H3. The Balaban J connectivity index is 2.61. The van der Waals surface area contributed by atoms with Crippen LogP contribution in [-0.2, 0) is 4.79 Å². The number of nitrogens with zero attached hydrogens (tertiary/aromatic N) is 2. The minimum Gasteiger partial charge on any atom is -0.469 e. The van der Waals surface area contributed by atoms with E-state index in [0.717, 1.165) is 28.9 Å². The lowest BCUT2D eigenvalue weighted by Gasteiger charge is -2.15. The highest BCUT2D eigenvalue weighted by atomic mass is 16.3. The van der Waals surface area contributed by atoms with Crippen molar-refractivity contribution in [3.63, 3.8) is 0 Å². The van der Waals surface area contributed by atoms with E-state index in [1.54, 1.807) is 12.5 Å². The highest BCUT2D eigenvalue weighted by Gasteiger charge is 2.16. The first kappa shape index (κ1) is 14.2. The molecule has 0 fully saturated rings. The fourth-order valence-electron chi connectivity index (χ4n) is 2.12. The van der Waals surface area contributed by atoms with Crippen molar-refractivity contribution in [3.05, 3.63) is 53.7 Å². The second-order valence-corrected chi connectivity index (χ2v) is 4.85. The quantitative estimate of drug-likeness (QED) is 0.619. The number of aldehydes is 1. The number of hydrogen-bond donors (Lipinski definition) is 0. The van der Waals surface area contributed by atoms with Crippen molar-refractivity contribution in [2.75, 3.05) is 20.6 Å². The molecule has 0 spiro atoms. The van der Waals surface area contributed by atoms with Gasteiger partial charge < -0.3 is 9.32 Å². The first-order valence-electron chi connectivity index (χ1n) is 6.42. The van der Waals surface area contributed by atoms with Gasteiger partial charge in [-0.1, -0.05) is 6.07 Å². The topological polar surface area (TPSA) is 46.3 Å². The maximum atomic E-state index is 11.6. The van der Waals surface area contributed by atoms with Crippen LogP contribution in [0, 0.1) is 6.92 Å². The molecule has 2 aromatic heterocycles. The summed E-state index contributed by atoms with van der Waals surface area (Å²) in [6, 6.07) is 7.51. The van der Waals surface area contributed by atoms with Gasteiger partial charge in [-0.25, -0.2) is 0 Å². The van der Waals surface area contributed by atoms with E-state index in [0.29, 0.717) is 12.1 Å². The summed E-state index contributed by atoms with van der Waals surface area (Å²) in [6.45, 7) is 2.49. The molecule has 0 aliphatic heterocycles. The Morgan fingerprint density at radius 1 is 1.35 bits per heavy atom. The number of pyridine rings is 1. The molecule has 0 bridgehead atoms. The summed E-state index contributed by atoms with van der Waals surface area (Å²) in [5, 5.41) is 0. The van der Waals surface area contributed by atoms with Crippen molar-refractivity contribution in [1.82, 2.24) is 9.88 Å². The number of carbonyl (C=O) groups excluding carboxylic acids is 1. The van der Waals surface area contributed by atoms with Gasteiger partial charge in [0.25, 0.3) is 0 Å². The lowest BCUT2D eigenvalue weighted by atomic mass is 9.98. The van der Waals surface area contributed by atoms with E-state index in [2.05, 4.69) is 4.98 Å². The smallest absolute Gasteiger partial charge is 0.151 e. The highest BCUT2D eigenvalue weighted by molar-refractivity contribution is 6.17. The molecule has 2 rings (SSSR count). The van der Waals surface area contributed by atoms with Gasteiger partial charge in [0.1, 0.15) is 5.76 Å². The van der Waals surface area contributed by atoms with Gasteiger partial charge in [-0.3, -0.25) is 9.78 Å². The number of aryl methyl sites for hydroxylation is 1. The van der Waals surface area contributed by atoms with Gasteiger partial charge in [0.15, 0.2) is 6.29 Å². The van der Waals surface area contributed by atoms with E-state index in [9.17, 15) is 4.79 Å². The third-order valence-corrected chi connectivity index (χ3v) is 3.04. The number of furan rings is 1. The predicted molar refractivity (Wildman–Crippen MR) is 79.1 cm³/mol. The number of hydrogen-bond acceptors (Lipinski definition) is 4. The molecule has 0 radical (unpaired) electrons. The lowest BCUT2D eigenvalue weighted by molar-refractivity contribution is -0.103. The first-order chi connectivity index (χ1) is 9.63. The average molecular weight is 270 g/mol. The lowest BCUT2D eigenvalue weighted by Crippen LogP contribution is -2.16. The average Bonchev–Trinajstić information content (AvgIpc) is 2.86. The molecule has 0 aliphatic carbocycles. The van der Waals surface area contributed by atoms with Crippen LogP contribution in [0.1, 0.15) is 17.0 Å². The molecule has 104 valence electrons. The predicted octanol–water partition coefficient (Wildman–Crippen LogP) is 2.65. The van der Waals surface area contributed by atoms with Gasteiger partial charge >= 0.3 is 0 Å². The molecule has 2 aromatic rings. The van der Waals surface area contributed by atoms with Crippen molar-refractivity contribution in [1.29, 1.82) is 0 Å². The van der Waals surface area contributed by atoms with Gasteiger partial charge in [0.05, 0.1) is 12.0 Å². The van der Waals surface area contributed by atoms with Crippen LogP contribution in [0.5, 0.6) is 0 Å². The minimum absolute atomic E-state index is 0.628. The monoisotopic (exact) mass is 270 g/mol. The third-order valence-electron chi connectivity index (χ3n) is 3.04.